The Hall–Kier alpha value is -4.14. The van der Waals surface area contributed by atoms with Crippen molar-refractivity contribution in [3.8, 4) is 11.8 Å². The van der Waals surface area contributed by atoms with E-state index in [2.05, 4.69) is 21.9 Å². The van der Waals surface area contributed by atoms with E-state index in [-0.39, 0.29) is 17.7 Å². The van der Waals surface area contributed by atoms with Crippen LogP contribution in [0, 0.1) is 17.7 Å². The minimum Gasteiger partial charge on any atom is -0.615 e. The molecule has 0 fully saturated rings. The number of aryl methyl sites for hydroxylation is 1. The number of hydrazine groups is 1. The number of hydrogen-bond acceptors (Lipinski definition) is 6. The predicted molar refractivity (Wildman–Crippen MR) is 150 cm³/mol. The molecule has 2 N–H and O–H groups in total. The van der Waals surface area contributed by atoms with Crippen LogP contribution in [0.3, 0.4) is 0 Å². The first-order valence-electron chi connectivity index (χ1n) is 12.0. The fourth-order valence-electron chi connectivity index (χ4n) is 3.93. The highest BCUT2D eigenvalue weighted by Crippen LogP contribution is 2.29. The smallest absolute Gasteiger partial charge is 0.272 e. The number of nitrogens with zero attached hydrogens (tertiary/aromatic N) is 5. The second-order valence-electron chi connectivity index (χ2n) is 9.69. The number of nitrogen functional groups attached to an aromatic ring is 1. The third kappa shape index (κ3) is 5.53. The number of pyridine rings is 1. The summed E-state index contributed by atoms with van der Waals surface area (Å²) in [6.07, 6.45) is 3.18. The minimum absolute atomic E-state index is 0.196. The molecular weight excluding hydrogens is 519 g/mol. The quantitative estimate of drug-likeness (QED) is 0.237. The molecule has 0 aliphatic rings. The van der Waals surface area contributed by atoms with Crippen molar-refractivity contribution in [2.75, 3.05) is 19.0 Å². The molecule has 0 bridgehead atoms. The van der Waals surface area contributed by atoms with Gasteiger partial charge in [-0.05, 0) is 61.3 Å². The lowest BCUT2D eigenvalue weighted by Crippen LogP contribution is -2.46. The molecule has 39 heavy (non-hydrogen) atoms. The van der Waals surface area contributed by atoms with Crippen LogP contribution in [0.5, 0.6) is 0 Å². The first-order chi connectivity index (χ1) is 18.3. The van der Waals surface area contributed by atoms with Crippen molar-refractivity contribution in [3.63, 3.8) is 0 Å². The van der Waals surface area contributed by atoms with E-state index < -0.39 is 33.6 Å². The van der Waals surface area contributed by atoms with E-state index in [1.807, 2.05) is 0 Å². The molecule has 0 spiro atoms. The fraction of sp³-hybridized carbons (Fsp3) is 0.286. The summed E-state index contributed by atoms with van der Waals surface area (Å²) in [5.74, 6) is 4.63. The molecule has 0 aliphatic heterocycles. The van der Waals surface area contributed by atoms with Gasteiger partial charge in [0, 0.05) is 43.1 Å². The second-order valence-corrected chi connectivity index (χ2v) is 11.6. The maximum absolute atomic E-state index is 15.1. The molecule has 2 amide bonds. The van der Waals surface area contributed by atoms with E-state index in [0.29, 0.717) is 27.7 Å². The Morgan fingerprint density at radius 3 is 2.56 bits per heavy atom. The van der Waals surface area contributed by atoms with Crippen LogP contribution in [-0.4, -0.2) is 59.2 Å². The van der Waals surface area contributed by atoms with Gasteiger partial charge in [-0.1, -0.05) is 12.0 Å². The van der Waals surface area contributed by atoms with E-state index in [1.165, 1.54) is 31.1 Å². The topological polar surface area (TPSA) is 120 Å². The van der Waals surface area contributed by atoms with Crippen LogP contribution in [0.2, 0.25) is 0 Å². The molecular formula is C28H29FN6O3S. The van der Waals surface area contributed by atoms with Gasteiger partial charge in [-0.2, -0.15) is 5.10 Å². The second kappa shape index (κ2) is 10.6. The highest BCUT2D eigenvalue weighted by atomic mass is 32.2. The lowest BCUT2D eigenvalue weighted by atomic mass is 10.1. The lowest BCUT2D eigenvalue weighted by Gasteiger charge is -2.31. The van der Waals surface area contributed by atoms with Crippen LogP contribution in [0.25, 0.3) is 21.8 Å². The largest absolute Gasteiger partial charge is 0.615 e. The van der Waals surface area contributed by atoms with E-state index in [0.717, 1.165) is 10.5 Å². The Kier molecular flexibility index (Phi) is 7.54. The summed E-state index contributed by atoms with van der Waals surface area (Å²) in [6, 6.07) is 9.35. The number of amides is 2. The van der Waals surface area contributed by atoms with Gasteiger partial charge in [-0.15, -0.1) is 0 Å². The number of benzene rings is 2. The van der Waals surface area contributed by atoms with Crippen molar-refractivity contribution < 1.29 is 18.5 Å². The maximum atomic E-state index is 15.1. The normalized spacial score (nSPS) is 12.2. The summed E-state index contributed by atoms with van der Waals surface area (Å²) in [4.78, 5) is 30.4. The summed E-state index contributed by atoms with van der Waals surface area (Å²) >= 11 is -1.18. The fourth-order valence-corrected chi connectivity index (χ4v) is 4.13. The minimum atomic E-state index is -1.18. The van der Waals surface area contributed by atoms with E-state index in [9.17, 15) is 14.1 Å². The number of hydrogen-bond donors (Lipinski definition) is 1. The number of aromatic nitrogens is 3. The summed E-state index contributed by atoms with van der Waals surface area (Å²) in [5, 5.41) is 7.92. The molecule has 4 aromatic rings. The van der Waals surface area contributed by atoms with Crippen LogP contribution in [0.4, 0.5) is 10.2 Å². The van der Waals surface area contributed by atoms with Gasteiger partial charge >= 0.3 is 0 Å². The van der Waals surface area contributed by atoms with Crippen molar-refractivity contribution in [1.29, 1.82) is 0 Å². The average Bonchev–Trinajstić information content (AvgIpc) is 3.28. The monoisotopic (exact) mass is 548 g/mol. The molecule has 1 atom stereocenters. The zero-order valence-corrected chi connectivity index (χ0v) is 23.4. The first-order valence-corrected chi connectivity index (χ1v) is 13.6. The molecule has 0 saturated heterocycles. The Morgan fingerprint density at radius 1 is 1.21 bits per heavy atom. The van der Waals surface area contributed by atoms with Gasteiger partial charge in [-0.25, -0.2) is 14.4 Å². The number of fused-ring (bicyclic) bond motifs is 3. The van der Waals surface area contributed by atoms with Crippen LogP contribution in [0.1, 0.15) is 42.3 Å². The Morgan fingerprint density at radius 2 is 1.92 bits per heavy atom. The predicted octanol–water partition coefficient (Wildman–Crippen LogP) is 3.39. The van der Waals surface area contributed by atoms with Crippen LogP contribution in [0.15, 0.2) is 42.6 Å². The molecule has 202 valence electrons. The Labute approximate surface area is 228 Å². The van der Waals surface area contributed by atoms with Crippen LogP contribution in [-0.2, 0) is 29.6 Å². The van der Waals surface area contributed by atoms with Crippen molar-refractivity contribution in [1.82, 2.24) is 24.8 Å². The molecule has 2 aromatic heterocycles. The van der Waals surface area contributed by atoms with Crippen molar-refractivity contribution in [3.05, 3.63) is 65.1 Å². The van der Waals surface area contributed by atoms with Gasteiger partial charge < -0.3 is 10.3 Å². The number of halogens is 1. The summed E-state index contributed by atoms with van der Waals surface area (Å²) in [5.41, 5.74) is 8.27. The third-order valence-corrected chi connectivity index (χ3v) is 8.15. The molecule has 1 unspecified atom stereocenters. The van der Waals surface area contributed by atoms with Crippen molar-refractivity contribution >= 4 is 50.6 Å². The van der Waals surface area contributed by atoms with E-state index >= 15 is 4.39 Å². The molecule has 4 rings (SSSR count). The standard InChI is InChI=1S/C28H29FN6O3S/c1-17(36)34(5)35(16-20-8-7-18(13-23(20)29)11-12-28(2,3)39(6)38)27(37)19-9-10-24-21(14-19)25-22(26(30)32-24)15-31-33(25)4/h7-10,13-15H,16H2,1-6H3,(H2,30,32). The molecule has 11 heteroatoms. The zero-order valence-electron chi connectivity index (χ0n) is 22.6. The molecule has 0 saturated carbocycles. The summed E-state index contributed by atoms with van der Waals surface area (Å²) in [6.45, 7) is 4.62. The SMILES string of the molecule is CC(=O)N(C)N(Cc1ccc(C#CC(C)(C)[S+](C)[O-])cc1F)C(=O)c1ccc2nc(N)c3cnn(C)c3c2c1. The molecule has 0 radical (unpaired) electrons. The number of carbonyl (C=O) groups excluding carboxylic acids is 2. The van der Waals surface area contributed by atoms with E-state index in [1.54, 1.807) is 62.3 Å². The van der Waals surface area contributed by atoms with Gasteiger partial charge in [0.25, 0.3) is 5.91 Å². The van der Waals surface area contributed by atoms with E-state index in [4.69, 9.17) is 5.73 Å². The zero-order chi connectivity index (χ0) is 28.6. The Bertz CT molecular complexity index is 1670. The maximum Gasteiger partial charge on any atom is 0.272 e. The van der Waals surface area contributed by atoms with Gasteiger partial charge in [0.05, 0.1) is 35.4 Å². The van der Waals surface area contributed by atoms with Crippen molar-refractivity contribution in [2.24, 2.45) is 7.05 Å². The molecule has 9 nitrogen and oxygen atoms in total. The van der Waals surface area contributed by atoms with Gasteiger partial charge in [0.1, 0.15) is 11.6 Å². The first kappa shape index (κ1) is 27.9. The highest BCUT2D eigenvalue weighted by Gasteiger charge is 2.26. The average molecular weight is 549 g/mol. The summed E-state index contributed by atoms with van der Waals surface area (Å²) < 4.78 is 27.9. The lowest BCUT2D eigenvalue weighted by molar-refractivity contribution is -0.140. The molecule has 2 heterocycles. The van der Waals surface area contributed by atoms with Crippen molar-refractivity contribution in [2.45, 2.75) is 32.1 Å². The molecule has 2 aromatic carbocycles. The van der Waals surface area contributed by atoms with Crippen LogP contribution < -0.4 is 5.73 Å². The van der Waals surface area contributed by atoms with Gasteiger partial charge in [0.15, 0.2) is 4.75 Å². The molecule has 0 aliphatic carbocycles. The number of anilines is 1. The number of carbonyl (C=O) groups is 2. The van der Waals surface area contributed by atoms with Gasteiger partial charge in [-0.3, -0.25) is 19.3 Å². The Balaban J connectivity index is 1.70. The number of rotatable bonds is 4. The summed E-state index contributed by atoms with van der Waals surface area (Å²) in [7, 11) is 3.22. The third-order valence-electron chi connectivity index (χ3n) is 6.61. The van der Waals surface area contributed by atoms with Gasteiger partial charge in [0.2, 0.25) is 5.91 Å². The highest BCUT2D eigenvalue weighted by molar-refractivity contribution is 7.92. The van der Waals surface area contributed by atoms with Crippen LogP contribution >= 0.6 is 0 Å². The number of nitrogens with two attached hydrogens (primary N) is 1.